The predicted octanol–water partition coefficient (Wildman–Crippen LogP) is 4.54. The van der Waals surface area contributed by atoms with Crippen LogP contribution in [0.5, 0.6) is 0 Å². The minimum absolute atomic E-state index is 0.00197. The van der Waals surface area contributed by atoms with E-state index in [2.05, 4.69) is 21.2 Å². The summed E-state index contributed by atoms with van der Waals surface area (Å²) in [7, 11) is 0. The van der Waals surface area contributed by atoms with Gasteiger partial charge in [0, 0.05) is 16.6 Å². The van der Waals surface area contributed by atoms with Crippen LogP contribution in [0.1, 0.15) is 12.5 Å². The maximum atomic E-state index is 13.8. The van der Waals surface area contributed by atoms with Crippen LogP contribution in [0.25, 0.3) is 0 Å². The van der Waals surface area contributed by atoms with E-state index < -0.39 is 10.7 Å². The molecule has 0 aliphatic rings. The highest BCUT2D eigenvalue weighted by Gasteiger charge is 2.12. The number of nitrogens with one attached hydrogen (secondary N) is 1. The molecule has 1 atom stereocenters. The van der Waals surface area contributed by atoms with E-state index in [9.17, 15) is 14.5 Å². The van der Waals surface area contributed by atoms with Crippen molar-refractivity contribution in [1.29, 1.82) is 0 Å². The van der Waals surface area contributed by atoms with Gasteiger partial charge >= 0.3 is 0 Å². The third-order valence-corrected chi connectivity index (χ3v) is 3.55. The van der Waals surface area contributed by atoms with Gasteiger partial charge in [0.2, 0.25) is 0 Å². The Labute approximate surface area is 130 Å². The van der Waals surface area contributed by atoms with Crippen LogP contribution < -0.4 is 5.32 Å². The largest absolute Gasteiger partial charge is 0.380 e. The molecule has 0 aromatic heterocycles. The number of rotatable bonds is 5. The summed E-state index contributed by atoms with van der Waals surface area (Å²) in [5.74, 6) is -0.619. The molecule has 0 fully saturated rings. The standard InChI is InChI=1S/C15H14BrFN2O2/c1-10(8-11-2-4-12(16)5-3-11)18-15-7-6-13(19(20)21)9-14(15)17/h2-7,9-10,18H,8H2,1H3. The lowest BCUT2D eigenvalue weighted by Gasteiger charge is -2.16. The number of hydrogen-bond donors (Lipinski definition) is 1. The Hall–Kier alpha value is -1.95. The van der Waals surface area contributed by atoms with Crippen LogP contribution in [-0.2, 0) is 6.42 Å². The van der Waals surface area contributed by atoms with Crippen LogP contribution in [0.15, 0.2) is 46.9 Å². The van der Waals surface area contributed by atoms with Gasteiger partial charge in [-0.05, 0) is 37.1 Å². The summed E-state index contributed by atoms with van der Waals surface area (Å²) in [4.78, 5) is 9.96. The van der Waals surface area contributed by atoms with Crippen molar-refractivity contribution in [1.82, 2.24) is 0 Å². The number of nitrogens with zero attached hydrogens (tertiary/aromatic N) is 1. The molecule has 1 unspecified atom stereocenters. The summed E-state index contributed by atoms with van der Waals surface area (Å²) in [6.07, 6.45) is 0.726. The second kappa shape index (κ2) is 6.67. The van der Waals surface area contributed by atoms with Crippen molar-refractivity contribution in [2.45, 2.75) is 19.4 Å². The quantitative estimate of drug-likeness (QED) is 0.634. The minimum Gasteiger partial charge on any atom is -0.380 e. The number of non-ortho nitro benzene ring substituents is 1. The molecule has 2 aromatic carbocycles. The molecule has 0 heterocycles. The average Bonchev–Trinajstić information content (AvgIpc) is 2.43. The van der Waals surface area contributed by atoms with E-state index in [0.29, 0.717) is 0 Å². The van der Waals surface area contributed by atoms with Gasteiger partial charge in [0.15, 0.2) is 5.82 Å². The van der Waals surface area contributed by atoms with Crippen LogP contribution in [0.3, 0.4) is 0 Å². The van der Waals surface area contributed by atoms with Gasteiger partial charge < -0.3 is 5.32 Å². The monoisotopic (exact) mass is 352 g/mol. The molecule has 0 saturated carbocycles. The van der Waals surface area contributed by atoms with E-state index in [-0.39, 0.29) is 17.4 Å². The van der Waals surface area contributed by atoms with Gasteiger partial charge in [-0.25, -0.2) is 4.39 Å². The topological polar surface area (TPSA) is 55.2 Å². The normalized spacial score (nSPS) is 12.0. The van der Waals surface area contributed by atoms with Crippen molar-refractivity contribution in [3.63, 3.8) is 0 Å². The molecule has 0 bridgehead atoms. The number of benzene rings is 2. The molecule has 0 saturated heterocycles. The Morgan fingerprint density at radius 1 is 1.29 bits per heavy atom. The van der Waals surface area contributed by atoms with E-state index >= 15 is 0 Å². The average molecular weight is 353 g/mol. The molecular weight excluding hydrogens is 339 g/mol. The van der Waals surface area contributed by atoms with E-state index in [0.717, 1.165) is 22.5 Å². The zero-order valence-corrected chi connectivity index (χ0v) is 12.9. The number of anilines is 1. The first-order valence-corrected chi connectivity index (χ1v) is 7.20. The third-order valence-electron chi connectivity index (χ3n) is 3.02. The molecule has 21 heavy (non-hydrogen) atoms. The SMILES string of the molecule is CC(Cc1ccc(Br)cc1)Nc1ccc([N+](=O)[O-])cc1F. The zero-order valence-electron chi connectivity index (χ0n) is 11.3. The fraction of sp³-hybridized carbons (Fsp3) is 0.200. The highest BCUT2D eigenvalue weighted by molar-refractivity contribution is 9.10. The van der Waals surface area contributed by atoms with E-state index in [1.807, 2.05) is 31.2 Å². The Bertz CT molecular complexity index is 647. The maximum absolute atomic E-state index is 13.8. The van der Waals surface area contributed by atoms with Crippen molar-refractivity contribution in [2.75, 3.05) is 5.32 Å². The molecule has 0 spiro atoms. The molecule has 0 aliphatic carbocycles. The summed E-state index contributed by atoms with van der Waals surface area (Å²) in [6.45, 7) is 1.93. The first-order chi connectivity index (χ1) is 9.95. The van der Waals surface area contributed by atoms with Crippen LogP contribution >= 0.6 is 15.9 Å². The number of nitro groups is 1. The van der Waals surface area contributed by atoms with Gasteiger partial charge in [-0.1, -0.05) is 28.1 Å². The lowest BCUT2D eigenvalue weighted by atomic mass is 10.1. The van der Waals surface area contributed by atoms with Gasteiger partial charge in [0.05, 0.1) is 16.7 Å². The highest BCUT2D eigenvalue weighted by atomic mass is 79.9. The van der Waals surface area contributed by atoms with Crippen LogP contribution in [0.2, 0.25) is 0 Å². The molecule has 0 amide bonds. The van der Waals surface area contributed by atoms with E-state index in [1.165, 1.54) is 12.1 Å². The summed E-state index contributed by atoms with van der Waals surface area (Å²) in [6, 6.07) is 11.5. The zero-order chi connectivity index (χ0) is 15.4. The second-order valence-electron chi connectivity index (χ2n) is 4.80. The minimum atomic E-state index is -0.619. The molecular formula is C15H14BrFN2O2. The molecule has 2 aromatic rings. The Kier molecular flexibility index (Phi) is 4.90. The summed E-state index contributed by atoms with van der Waals surface area (Å²) >= 11 is 3.37. The summed E-state index contributed by atoms with van der Waals surface area (Å²) < 4.78 is 14.8. The van der Waals surface area contributed by atoms with Crippen molar-refractivity contribution in [3.8, 4) is 0 Å². The van der Waals surface area contributed by atoms with E-state index in [4.69, 9.17) is 0 Å². The van der Waals surface area contributed by atoms with Gasteiger partial charge in [-0.3, -0.25) is 10.1 Å². The summed E-state index contributed by atoms with van der Waals surface area (Å²) in [5, 5.41) is 13.6. The van der Waals surface area contributed by atoms with Crippen molar-refractivity contribution < 1.29 is 9.31 Å². The first kappa shape index (κ1) is 15.4. The molecule has 4 nitrogen and oxygen atoms in total. The van der Waals surface area contributed by atoms with Crippen LogP contribution in [0.4, 0.5) is 15.8 Å². The fourth-order valence-corrected chi connectivity index (χ4v) is 2.29. The number of halogens is 2. The van der Waals surface area contributed by atoms with Crippen molar-refractivity contribution in [2.24, 2.45) is 0 Å². The molecule has 2 rings (SSSR count). The summed E-state index contributed by atoms with van der Waals surface area (Å²) in [5.41, 5.74) is 1.14. The number of hydrogen-bond acceptors (Lipinski definition) is 3. The lowest BCUT2D eigenvalue weighted by Crippen LogP contribution is -2.18. The molecule has 0 radical (unpaired) electrons. The Morgan fingerprint density at radius 3 is 2.52 bits per heavy atom. The van der Waals surface area contributed by atoms with Crippen LogP contribution in [-0.4, -0.2) is 11.0 Å². The molecule has 1 N–H and O–H groups in total. The van der Waals surface area contributed by atoms with Gasteiger partial charge in [-0.2, -0.15) is 0 Å². The van der Waals surface area contributed by atoms with Gasteiger partial charge in [0.1, 0.15) is 0 Å². The molecule has 110 valence electrons. The second-order valence-corrected chi connectivity index (χ2v) is 5.71. The van der Waals surface area contributed by atoms with E-state index in [1.54, 1.807) is 0 Å². The Morgan fingerprint density at radius 2 is 1.95 bits per heavy atom. The van der Waals surface area contributed by atoms with Crippen molar-refractivity contribution in [3.05, 3.63) is 68.4 Å². The fourth-order valence-electron chi connectivity index (χ4n) is 2.03. The maximum Gasteiger partial charge on any atom is 0.272 e. The first-order valence-electron chi connectivity index (χ1n) is 6.40. The van der Waals surface area contributed by atoms with Crippen LogP contribution in [0, 0.1) is 15.9 Å². The lowest BCUT2D eigenvalue weighted by molar-refractivity contribution is -0.385. The molecule has 0 aliphatic heterocycles. The predicted molar refractivity (Wildman–Crippen MR) is 84.0 cm³/mol. The third kappa shape index (κ3) is 4.26. The molecule has 6 heteroatoms. The Balaban J connectivity index is 2.04. The highest BCUT2D eigenvalue weighted by Crippen LogP contribution is 2.22. The van der Waals surface area contributed by atoms with Gasteiger partial charge in [-0.15, -0.1) is 0 Å². The smallest absolute Gasteiger partial charge is 0.272 e. The van der Waals surface area contributed by atoms with Crippen molar-refractivity contribution >= 4 is 27.3 Å². The van der Waals surface area contributed by atoms with Gasteiger partial charge in [0.25, 0.3) is 5.69 Å². The number of nitro benzene ring substituents is 1.